The van der Waals surface area contributed by atoms with Gasteiger partial charge >= 0.3 is 6.18 Å². The van der Waals surface area contributed by atoms with E-state index in [0.717, 1.165) is 0 Å². The lowest BCUT2D eigenvalue weighted by molar-refractivity contribution is -0.384. The Morgan fingerprint density at radius 1 is 1.42 bits per heavy atom. The average Bonchev–Trinajstić information content (AvgIpc) is 2.33. The van der Waals surface area contributed by atoms with E-state index < -0.39 is 23.7 Å². The second-order valence-corrected chi connectivity index (χ2v) is 4.19. The molecule has 0 amide bonds. The van der Waals surface area contributed by atoms with E-state index in [4.69, 9.17) is 0 Å². The Labute approximate surface area is 108 Å². The summed E-state index contributed by atoms with van der Waals surface area (Å²) in [5, 5.41) is 13.1. The van der Waals surface area contributed by atoms with Gasteiger partial charge in [0.15, 0.2) is 0 Å². The lowest BCUT2D eigenvalue weighted by Gasteiger charge is -2.19. The summed E-state index contributed by atoms with van der Waals surface area (Å²) in [6.07, 6.45) is -3.14. The van der Waals surface area contributed by atoms with Crippen molar-refractivity contribution in [3.05, 3.63) is 39.9 Å². The number of non-ortho nitro benzene ring substituents is 1. The smallest absolute Gasteiger partial charge is 0.302 e. The number of nitrogens with one attached hydrogen (secondary N) is 1. The lowest BCUT2D eigenvalue weighted by Crippen LogP contribution is -2.32. The standard InChI is InChI=1S/C12H15F3N2O2/c1-2-4-11(16-8-12(13,14)15)9-5-3-6-10(7-9)17(18)19/h3,5-7,11,16H,2,4,8H2,1H3. The summed E-state index contributed by atoms with van der Waals surface area (Å²) in [6.45, 7) is 0.736. The summed E-state index contributed by atoms with van der Waals surface area (Å²) in [4.78, 5) is 10.1. The average molecular weight is 276 g/mol. The van der Waals surface area contributed by atoms with E-state index in [2.05, 4.69) is 5.32 Å². The van der Waals surface area contributed by atoms with Gasteiger partial charge in [0.25, 0.3) is 5.69 Å². The molecular formula is C12H15F3N2O2. The molecule has 0 aliphatic heterocycles. The number of benzene rings is 1. The number of nitro benzene ring substituents is 1. The molecule has 1 unspecified atom stereocenters. The molecule has 0 radical (unpaired) electrons. The molecule has 0 fully saturated rings. The summed E-state index contributed by atoms with van der Waals surface area (Å²) < 4.78 is 36.6. The van der Waals surface area contributed by atoms with E-state index in [1.807, 2.05) is 6.92 Å². The number of nitro groups is 1. The molecule has 7 heteroatoms. The van der Waals surface area contributed by atoms with Crippen LogP contribution in [0.25, 0.3) is 0 Å². The van der Waals surface area contributed by atoms with Gasteiger partial charge in [0.2, 0.25) is 0 Å². The van der Waals surface area contributed by atoms with Gasteiger partial charge in [0.05, 0.1) is 11.5 Å². The van der Waals surface area contributed by atoms with Crippen molar-refractivity contribution in [2.24, 2.45) is 0 Å². The van der Waals surface area contributed by atoms with Crippen molar-refractivity contribution in [2.45, 2.75) is 32.0 Å². The molecule has 0 aliphatic carbocycles. The summed E-state index contributed by atoms with van der Waals surface area (Å²) >= 11 is 0. The molecule has 106 valence electrons. The summed E-state index contributed by atoms with van der Waals surface area (Å²) in [7, 11) is 0. The van der Waals surface area contributed by atoms with Crippen LogP contribution in [0.3, 0.4) is 0 Å². The normalized spacial score (nSPS) is 13.3. The van der Waals surface area contributed by atoms with E-state index in [-0.39, 0.29) is 5.69 Å². The molecule has 0 saturated carbocycles. The first-order valence-corrected chi connectivity index (χ1v) is 5.88. The minimum atomic E-state index is -4.30. The van der Waals surface area contributed by atoms with Crippen LogP contribution in [0, 0.1) is 10.1 Å². The lowest BCUT2D eigenvalue weighted by atomic mass is 10.0. The Bertz CT molecular complexity index is 435. The second kappa shape index (κ2) is 6.51. The Kier molecular flexibility index (Phi) is 5.29. The van der Waals surface area contributed by atoms with Crippen molar-refractivity contribution in [1.29, 1.82) is 0 Å². The molecule has 1 rings (SSSR count). The fourth-order valence-electron chi connectivity index (χ4n) is 1.77. The Hall–Kier alpha value is -1.63. The minimum absolute atomic E-state index is 0.118. The topological polar surface area (TPSA) is 55.2 Å². The number of halogens is 3. The molecule has 0 heterocycles. The van der Waals surface area contributed by atoms with Crippen LogP contribution in [-0.2, 0) is 0 Å². The molecule has 4 nitrogen and oxygen atoms in total. The summed E-state index contributed by atoms with van der Waals surface area (Å²) in [5.74, 6) is 0. The predicted molar refractivity (Wildman–Crippen MR) is 64.8 cm³/mol. The van der Waals surface area contributed by atoms with Gasteiger partial charge in [-0.3, -0.25) is 10.1 Å². The van der Waals surface area contributed by atoms with Crippen LogP contribution in [0.15, 0.2) is 24.3 Å². The third-order valence-corrected chi connectivity index (χ3v) is 2.61. The quantitative estimate of drug-likeness (QED) is 0.638. The molecular weight excluding hydrogens is 261 g/mol. The first kappa shape index (κ1) is 15.4. The van der Waals surface area contributed by atoms with Crippen LogP contribution in [-0.4, -0.2) is 17.6 Å². The van der Waals surface area contributed by atoms with Crippen LogP contribution < -0.4 is 5.32 Å². The first-order chi connectivity index (χ1) is 8.83. The van der Waals surface area contributed by atoms with Gasteiger partial charge in [-0.05, 0) is 12.0 Å². The fourth-order valence-corrected chi connectivity index (χ4v) is 1.77. The Morgan fingerprint density at radius 2 is 2.11 bits per heavy atom. The number of rotatable bonds is 6. The highest BCUT2D eigenvalue weighted by Crippen LogP contribution is 2.24. The van der Waals surface area contributed by atoms with Crippen molar-refractivity contribution in [2.75, 3.05) is 6.54 Å². The highest BCUT2D eigenvalue weighted by atomic mass is 19.4. The van der Waals surface area contributed by atoms with Gasteiger partial charge < -0.3 is 5.32 Å². The summed E-state index contributed by atoms with van der Waals surface area (Å²) in [5.41, 5.74) is 0.382. The zero-order chi connectivity index (χ0) is 14.5. The van der Waals surface area contributed by atoms with E-state index >= 15 is 0 Å². The van der Waals surface area contributed by atoms with Crippen molar-refractivity contribution < 1.29 is 18.1 Å². The predicted octanol–water partition coefficient (Wildman–Crippen LogP) is 3.59. The van der Waals surface area contributed by atoms with E-state index in [9.17, 15) is 23.3 Å². The molecule has 19 heavy (non-hydrogen) atoms. The minimum Gasteiger partial charge on any atom is -0.302 e. The van der Waals surface area contributed by atoms with Gasteiger partial charge in [-0.2, -0.15) is 13.2 Å². The number of nitrogens with zero attached hydrogens (tertiary/aromatic N) is 1. The zero-order valence-electron chi connectivity index (χ0n) is 10.4. The number of alkyl halides is 3. The molecule has 1 aromatic rings. The van der Waals surface area contributed by atoms with Gasteiger partial charge in [-0.15, -0.1) is 0 Å². The third-order valence-electron chi connectivity index (χ3n) is 2.61. The summed E-state index contributed by atoms with van der Waals surface area (Å²) in [6, 6.07) is 5.16. The highest BCUT2D eigenvalue weighted by Gasteiger charge is 2.28. The molecule has 0 spiro atoms. The second-order valence-electron chi connectivity index (χ2n) is 4.19. The van der Waals surface area contributed by atoms with Gasteiger partial charge in [0, 0.05) is 18.2 Å². The van der Waals surface area contributed by atoms with Crippen LogP contribution in [0.1, 0.15) is 31.4 Å². The van der Waals surface area contributed by atoms with Crippen molar-refractivity contribution >= 4 is 5.69 Å². The van der Waals surface area contributed by atoms with E-state index in [1.54, 1.807) is 6.07 Å². The SMILES string of the molecule is CCCC(NCC(F)(F)F)c1cccc([N+](=O)[O-])c1. The maximum absolute atomic E-state index is 12.2. The first-order valence-electron chi connectivity index (χ1n) is 5.88. The highest BCUT2D eigenvalue weighted by molar-refractivity contribution is 5.35. The van der Waals surface area contributed by atoms with Crippen molar-refractivity contribution in [3.8, 4) is 0 Å². The van der Waals surface area contributed by atoms with Crippen molar-refractivity contribution in [1.82, 2.24) is 5.32 Å². The van der Waals surface area contributed by atoms with Gasteiger partial charge in [0.1, 0.15) is 0 Å². The maximum Gasteiger partial charge on any atom is 0.401 e. The molecule has 1 aromatic carbocycles. The Morgan fingerprint density at radius 3 is 2.63 bits per heavy atom. The molecule has 0 bridgehead atoms. The zero-order valence-corrected chi connectivity index (χ0v) is 10.4. The monoisotopic (exact) mass is 276 g/mol. The van der Waals surface area contributed by atoms with Gasteiger partial charge in [-0.25, -0.2) is 0 Å². The van der Waals surface area contributed by atoms with Gasteiger partial charge in [-0.1, -0.05) is 25.5 Å². The number of hydrogen-bond donors (Lipinski definition) is 1. The Balaban J connectivity index is 2.86. The van der Waals surface area contributed by atoms with Crippen LogP contribution in [0.5, 0.6) is 0 Å². The molecule has 0 saturated heterocycles. The van der Waals surface area contributed by atoms with E-state index in [1.165, 1.54) is 18.2 Å². The number of hydrogen-bond acceptors (Lipinski definition) is 3. The van der Waals surface area contributed by atoms with Crippen LogP contribution in [0.4, 0.5) is 18.9 Å². The van der Waals surface area contributed by atoms with Crippen molar-refractivity contribution in [3.63, 3.8) is 0 Å². The third kappa shape index (κ3) is 5.25. The molecule has 1 N–H and O–H groups in total. The molecule has 0 aliphatic rings. The maximum atomic E-state index is 12.2. The van der Waals surface area contributed by atoms with E-state index in [0.29, 0.717) is 18.4 Å². The largest absolute Gasteiger partial charge is 0.401 e. The van der Waals surface area contributed by atoms with Crippen LogP contribution in [0.2, 0.25) is 0 Å². The van der Waals surface area contributed by atoms with Crippen LogP contribution >= 0.6 is 0 Å². The fraction of sp³-hybridized carbons (Fsp3) is 0.500. The molecule has 1 atom stereocenters. The molecule has 0 aromatic heterocycles.